The molecule has 6 heteroatoms. The first-order valence-corrected chi connectivity index (χ1v) is 7.96. The van der Waals surface area contributed by atoms with Gasteiger partial charge in [-0.2, -0.15) is 5.10 Å². The van der Waals surface area contributed by atoms with Crippen LogP contribution in [0.15, 0.2) is 39.6 Å². The second-order valence-electron chi connectivity index (χ2n) is 5.07. The van der Waals surface area contributed by atoms with Crippen LogP contribution in [0, 0.1) is 6.92 Å². The van der Waals surface area contributed by atoms with Gasteiger partial charge in [0.25, 0.3) is 11.5 Å². The molecule has 1 aromatic carbocycles. The van der Waals surface area contributed by atoms with Crippen LogP contribution in [0.5, 0.6) is 0 Å². The summed E-state index contributed by atoms with van der Waals surface area (Å²) in [5, 5.41) is 6.92. The highest BCUT2D eigenvalue weighted by Gasteiger charge is 2.11. The number of carbonyl (C=O) groups is 1. The number of hydrogen-bond acceptors (Lipinski definition) is 3. The standard InChI is InChI=1S/C16H18BrN3O2/c1-3-4-9-20-15(21)8-7-14(19-20)16(22)18-13-6-5-11(2)10-12(13)17/h5-8,10H,3-4,9H2,1-2H3,(H,18,22). The Kier molecular flexibility index (Phi) is 5.49. The van der Waals surface area contributed by atoms with E-state index in [2.05, 4.69) is 26.3 Å². The van der Waals surface area contributed by atoms with Gasteiger partial charge in [0.15, 0.2) is 0 Å². The predicted octanol–water partition coefficient (Wildman–Crippen LogP) is 3.37. The Balaban J connectivity index is 2.20. The molecule has 0 aliphatic carbocycles. The molecule has 1 heterocycles. The summed E-state index contributed by atoms with van der Waals surface area (Å²) >= 11 is 3.42. The van der Waals surface area contributed by atoms with Crippen molar-refractivity contribution in [2.45, 2.75) is 33.2 Å². The van der Waals surface area contributed by atoms with E-state index >= 15 is 0 Å². The maximum atomic E-state index is 12.3. The van der Waals surface area contributed by atoms with Gasteiger partial charge in [0.2, 0.25) is 0 Å². The van der Waals surface area contributed by atoms with Crippen molar-refractivity contribution >= 4 is 27.5 Å². The molecule has 0 bridgehead atoms. The maximum absolute atomic E-state index is 12.3. The summed E-state index contributed by atoms with van der Waals surface area (Å²) in [6.07, 6.45) is 1.81. The van der Waals surface area contributed by atoms with Crippen molar-refractivity contribution in [3.05, 3.63) is 56.4 Å². The minimum atomic E-state index is -0.338. The zero-order valence-corrected chi connectivity index (χ0v) is 14.2. The molecule has 2 rings (SSSR count). The number of aryl methyl sites for hydroxylation is 2. The van der Waals surface area contributed by atoms with E-state index in [1.807, 2.05) is 32.0 Å². The molecule has 5 nitrogen and oxygen atoms in total. The van der Waals surface area contributed by atoms with Gasteiger partial charge in [-0.05, 0) is 53.0 Å². The highest BCUT2D eigenvalue weighted by atomic mass is 79.9. The number of rotatable bonds is 5. The van der Waals surface area contributed by atoms with Gasteiger partial charge in [-0.25, -0.2) is 4.68 Å². The molecule has 1 aromatic heterocycles. The van der Waals surface area contributed by atoms with Gasteiger partial charge in [-0.15, -0.1) is 0 Å². The Morgan fingerprint density at radius 3 is 2.77 bits per heavy atom. The molecule has 0 aliphatic rings. The van der Waals surface area contributed by atoms with Crippen molar-refractivity contribution in [3.8, 4) is 0 Å². The van der Waals surface area contributed by atoms with Gasteiger partial charge in [0.1, 0.15) is 5.69 Å². The molecule has 0 saturated heterocycles. The number of carbonyl (C=O) groups excluding carboxylic acids is 1. The first-order valence-electron chi connectivity index (χ1n) is 7.17. The third-order valence-electron chi connectivity index (χ3n) is 3.20. The summed E-state index contributed by atoms with van der Waals surface area (Å²) in [6.45, 7) is 4.53. The Hall–Kier alpha value is -1.95. The molecular formula is C16H18BrN3O2. The van der Waals surface area contributed by atoms with Gasteiger partial charge in [0.05, 0.1) is 5.69 Å². The van der Waals surface area contributed by atoms with E-state index in [1.54, 1.807) is 0 Å². The zero-order valence-electron chi connectivity index (χ0n) is 12.6. The van der Waals surface area contributed by atoms with E-state index in [4.69, 9.17) is 0 Å². The molecule has 1 amide bonds. The number of hydrogen-bond donors (Lipinski definition) is 1. The summed E-state index contributed by atoms with van der Waals surface area (Å²) in [6, 6.07) is 8.48. The van der Waals surface area contributed by atoms with E-state index in [1.165, 1.54) is 16.8 Å². The van der Waals surface area contributed by atoms with Crippen molar-refractivity contribution in [1.29, 1.82) is 0 Å². The van der Waals surface area contributed by atoms with E-state index in [0.29, 0.717) is 12.2 Å². The molecule has 0 atom stereocenters. The van der Waals surface area contributed by atoms with Crippen LogP contribution < -0.4 is 10.9 Å². The number of amides is 1. The lowest BCUT2D eigenvalue weighted by molar-refractivity contribution is 0.101. The van der Waals surface area contributed by atoms with Gasteiger partial charge < -0.3 is 5.32 Å². The number of aromatic nitrogens is 2. The van der Waals surface area contributed by atoms with Crippen LogP contribution in [-0.4, -0.2) is 15.7 Å². The van der Waals surface area contributed by atoms with Gasteiger partial charge in [-0.3, -0.25) is 9.59 Å². The van der Waals surface area contributed by atoms with E-state index in [0.717, 1.165) is 22.9 Å². The monoisotopic (exact) mass is 363 g/mol. The van der Waals surface area contributed by atoms with Crippen LogP contribution in [0.4, 0.5) is 5.69 Å². The van der Waals surface area contributed by atoms with E-state index in [9.17, 15) is 9.59 Å². The van der Waals surface area contributed by atoms with Crippen molar-refractivity contribution in [2.24, 2.45) is 0 Å². The van der Waals surface area contributed by atoms with Crippen LogP contribution in [0.3, 0.4) is 0 Å². The quantitative estimate of drug-likeness (QED) is 0.885. The first kappa shape index (κ1) is 16.4. The molecule has 2 aromatic rings. The molecule has 22 heavy (non-hydrogen) atoms. The van der Waals surface area contributed by atoms with Crippen LogP contribution in [0.1, 0.15) is 35.8 Å². The molecule has 1 N–H and O–H groups in total. The fraction of sp³-hybridized carbons (Fsp3) is 0.312. The normalized spacial score (nSPS) is 10.5. The van der Waals surface area contributed by atoms with Crippen molar-refractivity contribution in [3.63, 3.8) is 0 Å². The third kappa shape index (κ3) is 4.04. The summed E-state index contributed by atoms with van der Waals surface area (Å²) in [5.41, 5.74) is 1.80. The van der Waals surface area contributed by atoms with Gasteiger partial charge in [-0.1, -0.05) is 19.4 Å². The molecule has 116 valence electrons. The molecule has 0 unspecified atom stereocenters. The highest BCUT2D eigenvalue weighted by Crippen LogP contribution is 2.23. The lowest BCUT2D eigenvalue weighted by Gasteiger charge is -2.09. The second kappa shape index (κ2) is 7.35. The molecule has 0 radical (unpaired) electrons. The average molecular weight is 364 g/mol. The number of benzene rings is 1. The number of nitrogens with one attached hydrogen (secondary N) is 1. The van der Waals surface area contributed by atoms with Crippen LogP contribution >= 0.6 is 15.9 Å². The van der Waals surface area contributed by atoms with Crippen LogP contribution in [-0.2, 0) is 6.54 Å². The Bertz CT molecular complexity index is 740. The number of nitrogens with zero attached hydrogens (tertiary/aromatic N) is 2. The summed E-state index contributed by atoms with van der Waals surface area (Å²) in [7, 11) is 0. The van der Waals surface area contributed by atoms with Gasteiger partial charge >= 0.3 is 0 Å². The van der Waals surface area contributed by atoms with Gasteiger partial charge in [0, 0.05) is 17.1 Å². The van der Waals surface area contributed by atoms with E-state index < -0.39 is 0 Å². The molecule has 0 spiro atoms. The Morgan fingerprint density at radius 1 is 1.32 bits per heavy atom. The molecular weight excluding hydrogens is 346 g/mol. The van der Waals surface area contributed by atoms with Crippen molar-refractivity contribution in [1.82, 2.24) is 9.78 Å². The van der Waals surface area contributed by atoms with Crippen molar-refractivity contribution < 1.29 is 4.79 Å². The summed E-state index contributed by atoms with van der Waals surface area (Å²) in [5.74, 6) is -0.338. The van der Waals surface area contributed by atoms with Crippen LogP contribution in [0.25, 0.3) is 0 Å². The topological polar surface area (TPSA) is 64.0 Å². The number of unbranched alkanes of at least 4 members (excludes halogenated alkanes) is 1. The highest BCUT2D eigenvalue weighted by molar-refractivity contribution is 9.10. The fourth-order valence-electron chi connectivity index (χ4n) is 1.95. The number of anilines is 1. The predicted molar refractivity (Wildman–Crippen MR) is 90.2 cm³/mol. The first-order chi connectivity index (χ1) is 10.5. The third-order valence-corrected chi connectivity index (χ3v) is 3.85. The lowest BCUT2D eigenvalue weighted by atomic mass is 10.2. The summed E-state index contributed by atoms with van der Waals surface area (Å²) in [4.78, 5) is 24.0. The molecule has 0 fully saturated rings. The van der Waals surface area contributed by atoms with Crippen LogP contribution in [0.2, 0.25) is 0 Å². The smallest absolute Gasteiger partial charge is 0.276 e. The maximum Gasteiger partial charge on any atom is 0.276 e. The summed E-state index contributed by atoms with van der Waals surface area (Å²) < 4.78 is 2.14. The largest absolute Gasteiger partial charge is 0.320 e. The second-order valence-corrected chi connectivity index (χ2v) is 5.93. The Labute approximate surface area is 137 Å². The van der Waals surface area contributed by atoms with Crippen molar-refractivity contribution in [2.75, 3.05) is 5.32 Å². The average Bonchev–Trinajstić information content (AvgIpc) is 2.49. The molecule has 0 aliphatic heterocycles. The fourth-order valence-corrected chi connectivity index (χ4v) is 2.54. The zero-order chi connectivity index (χ0) is 16.1. The minimum absolute atomic E-state index is 0.193. The number of halogens is 1. The lowest BCUT2D eigenvalue weighted by Crippen LogP contribution is -2.26. The SMILES string of the molecule is CCCCn1nc(C(=O)Nc2ccc(C)cc2Br)ccc1=O. The Morgan fingerprint density at radius 2 is 2.09 bits per heavy atom. The van der Waals surface area contributed by atoms with E-state index in [-0.39, 0.29) is 17.2 Å². The minimum Gasteiger partial charge on any atom is -0.320 e. The molecule has 0 saturated carbocycles.